The maximum Gasteiger partial charge on any atom is 0.264 e. The number of hydrogen-bond acceptors (Lipinski definition) is 4. The third-order valence-corrected chi connectivity index (χ3v) is 6.68. The molecule has 160 valence electrons. The van der Waals surface area contributed by atoms with E-state index in [-0.39, 0.29) is 10.6 Å². The molecular weight excluding hydrogens is 426 g/mol. The predicted octanol–water partition coefficient (Wildman–Crippen LogP) is 3.73. The zero-order valence-corrected chi connectivity index (χ0v) is 17.0. The van der Waals surface area contributed by atoms with Crippen molar-refractivity contribution in [3.8, 4) is 5.75 Å². The average molecular weight is 444 g/mol. The molecule has 0 atom stereocenters. The molecule has 0 bridgehead atoms. The number of para-hydroxylation sites is 2. The minimum Gasteiger partial charge on any atom is -0.484 e. The Hall–Kier alpha value is -3.46. The second-order valence-corrected chi connectivity index (χ2v) is 8.72. The normalized spacial score (nSPS) is 13.0. The van der Waals surface area contributed by atoms with Crippen molar-refractivity contribution in [2.75, 3.05) is 22.8 Å². The maximum absolute atomic E-state index is 13.6. The van der Waals surface area contributed by atoms with Gasteiger partial charge in [0.05, 0.1) is 10.6 Å². The number of rotatable bonds is 6. The Balaban J connectivity index is 1.41. The van der Waals surface area contributed by atoms with Crippen LogP contribution in [0.1, 0.15) is 5.56 Å². The number of carbonyl (C=O) groups excluding carboxylic acids is 1. The Kier molecular flexibility index (Phi) is 5.60. The summed E-state index contributed by atoms with van der Waals surface area (Å²) < 4.78 is 59.8. The van der Waals surface area contributed by atoms with Crippen LogP contribution in [0.15, 0.2) is 71.6 Å². The lowest BCUT2D eigenvalue weighted by molar-refractivity contribution is -0.118. The highest BCUT2D eigenvalue weighted by Crippen LogP contribution is 2.33. The van der Waals surface area contributed by atoms with Crippen LogP contribution in [0.3, 0.4) is 0 Å². The molecule has 0 saturated heterocycles. The fourth-order valence-electron chi connectivity index (χ4n) is 3.33. The van der Waals surface area contributed by atoms with Crippen molar-refractivity contribution in [1.29, 1.82) is 0 Å². The Morgan fingerprint density at radius 2 is 1.65 bits per heavy atom. The van der Waals surface area contributed by atoms with E-state index in [4.69, 9.17) is 4.74 Å². The zero-order valence-electron chi connectivity index (χ0n) is 16.2. The molecule has 0 aliphatic carbocycles. The summed E-state index contributed by atoms with van der Waals surface area (Å²) in [6.07, 6.45) is 0.647. The Labute approximate surface area is 178 Å². The SMILES string of the molecule is O=C(COc1ccc(S(=O)(=O)N2CCc3ccccc32)cc1)Nc1c(F)cccc1F. The van der Waals surface area contributed by atoms with E-state index in [1.54, 1.807) is 12.1 Å². The molecule has 0 aromatic heterocycles. The lowest BCUT2D eigenvalue weighted by Crippen LogP contribution is -2.29. The lowest BCUT2D eigenvalue weighted by Gasteiger charge is -2.19. The van der Waals surface area contributed by atoms with Gasteiger partial charge in [-0.3, -0.25) is 9.10 Å². The highest BCUT2D eigenvalue weighted by molar-refractivity contribution is 7.92. The highest BCUT2D eigenvalue weighted by atomic mass is 32.2. The van der Waals surface area contributed by atoms with Gasteiger partial charge in [-0.2, -0.15) is 0 Å². The van der Waals surface area contributed by atoms with Crippen molar-refractivity contribution < 1.29 is 26.7 Å². The maximum atomic E-state index is 13.6. The lowest BCUT2D eigenvalue weighted by atomic mass is 10.2. The van der Waals surface area contributed by atoms with Gasteiger partial charge in [0.1, 0.15) is 23.1 Å². The minimum atomic E-state index is -3.74. The Bertz CT molecular complexity index is 1210. The van der Waals surface area contributed by atoms with Crippen molar-refractivity contribution in [3.63, 3.8) is 0 Å². The van der Waals surface area contributed by atoms with Crippen LogP contribution < -0.4 is 14.4 Å². The molecule has 9 heteroatoms. The summed E-state index contributed by atoms with van der Waals surface area (Å²) in [5.74, 6) is -2.31. The number of fused-ring (bicyclic) bond motifs is 1. The first-order chi connectivity index (χ1) is 14.9. The molecule has 1 N–H and O–H groups in total. The molecule has 6 nitrogen and oxygen atoms in total. The summed E-state index contributed by atoms with van der Waals surface area (Å²) in [5.41, 5.74) is 1.09. The first-order valence-corrected chi connectivity index (χ1v) is 10.9. The molecule has 0 spiro atoms. The van der Waals surface area contributed by atoms with Crippen molar-refractivity contribution >= 4 is 27.3 Å². The van der Waals surface area contributed by atoms with Crippen LogP contribution in [0.25, 0.3) is 0 Å². The molecule has 1 heterocycles. The van der Waals surface area contributed by atoms with E-state index >= 15 is 0 Å². The summed E-state index contributed by atoms with van der Waals surface area (Å²) in [7, 11) is -3.74. The van der Waals surface area contributed by atoms with Crippen molar-refractivity contribution in [2.45, 2.75) is 11.3 Å². The van der Waals surface area contributed by atoms with Gasteiger partial charge < -0.3 is 10.1 Å². The fraction of sp³-hybridized carbons (Fsp3) is 0.136. The van der Waals surface area contributed by atoms with Crippen LogP contribution in [0, 0.1) is 11.6 Å². The number of nitrogens with zero attached hydrogens (tertiary/aromatic N) is 1. The van der Waals surface area contributed by atoms with E-state index < -0.39 is 39.9 Å². The van der Waals surface area contributed by atoms with Crippen LogP contribution in [0.4, 0.5) is 20.2 Å². The third-order valence-electron chi connectivity index (χ3n) is 4.85. The summed E-state index contributed by atoms with van der Waals surface area (Å²) >= 11 is 0. The van der Waals surface area contributed by atoms with Gasteiger partial charge >= 0.3 is 0 Å². The summed E-state index contributed by atoms with van der Waals surface area (Å²) in [6, 6.07) is 16.2. The minimum absolute atomic E-state index is 0.0921. The number of halogens is 2. The first-order valence-electron chi connectivity index (χ1n) is 9.43. The first kappa shape index (κ1) is 20.8. The fourth-order valence-corrected chi connectivity index (χ4v) is 4.84. The number of nitrogens with one attached hydrogen (secondary N) is 1. The summed E-state index contributed by atoms with van der Waals surface area (Å²) in [6.45, 7) is -0.133. The molecule has 3 aromatic carbocycles. The van der Waals surface area contributed by atoms with Gasteiger partial charge in [-0.25, -0.2) is 17.2 Å². The quantitative estimate of drug-likeness (QED) is 0.629. The zero-order chi connectivity index (χ0) is 22.0. The molecule has 1 aliphatic rings. The highest BCUT2D eigenvalue weighted by Gasteiger charge is 2.30. The monoisotopic (exact) mass is 444 g/mol. The van der Waals surface area contributed by atoms with Crippen LogP contribution in [0.2, 0.25) is 0 Å². The van der Waals surface area contributed by atoms with Gasteiger partial charge in [-0.1, -0.05) is 24.3 Å². The number of ether oxygens (including phenoxy) is 1. The molecule has 3 aromatic rings. The average Bonchev–Trinajstić information content (AvgIpc) is 3.20. The molecule has 31 heavy (non-hydrogen) atoms. The topological polar surface area (TPSA) is 75.7 Å². The number of anilines is 2. The standard InChI is InChI=1S/C22H18F2N2O4S/c23-18-5-3-6-19(24)22(18)25-21(27)14-30-16-8-10-17(11-9-16)31(28,29)26-13-12-15-4-1-2-7-20(15)26/h1-11H,12-14H2,(H,25,27). The summed E-state index contributed by atoms with van der Waals surface area (Å²) in [4.78, 5) is 12.0. The molecule has 0 saturated carbocycles. The van der Waals surface area contributed by atoms with Gasteiger partial charge in [-0.15, -0.1) is 0 Å². The Morgan fingerprint density at radius 1 is 0.968 bits per heavy atom. The van der Waals surface area contributed by atoms with Crippen LogP contribution in [-0.2, 0) is 21.2 Å². The number of amides is 1. The van der Waals surface area contributed by atoms with Gasteiger partial charge in [0.25, 0.3) is 15.9 Å². The molecule has 0 unspecified atom stereocenters. The van der Waals surface area contributed by atoms with Crippen LogP contribution in [0.5, 0.6) is 5.75 Å². The Morgan fingerprint density at radius 3 is 2.35 bits per heavy atom. The van der Waals surface area contributed by atoms with Crippen LogP contribution in [-0.4, -0.2) is 27.5 Å². The smallest absolute Gasteiger partial charge is 0.264 e. The molecular formula is C22H18F2N2O4S. The van der Waals surface area contributed by atoms with Crippen molar-refractivity contribution in [1.82, 2.24) is 0 Å². The van der Waals surface area contributed by atoms with E-state index in [1.807, 2.05) is 12.1 Å². The van der Waals surface area contributed by atoms with E-state index in [9.17, 15) is 22.0 Å². The van der Waals surface area contributed by atoms with Crippen molar-refractivity contribution in [2.24, 2.45) is 0 Å². The molecule has 1 amide bonds. The molecule has 0 radical (unpaired) electrons. The number of sulfonamides is 1. The van der Waals surface area contributed by atoms with Gasteiger partial charge in [-0.05, 0) is 54.4 Å². The second kappa shape index (κ2) is 8.35. The number of carbonyl (C=O) groups is 1. The third kappa shape index (κ3) is 4.22. The van der Waals surface area contributed by atoms with Crippen LogP contribution >= 0.6 is 0 Å². The molecule has 1 aliphatic heterocycles. The van der Waals surface area contributed by atoms with E-state index in [2.05, 4.69) is 5.32 Å². The van der Waals surface area contributed by atoms with E-state index in [1.165, 1.54) is 34.6 Å². The largest absolute Gasteiger partial charge is 0.484 e. The van der Waals surface area contributed by atoms with Gasteiger partial charge in [0.15, 0.2) is 6.61 Å². The second-order valence-electron chi connectivity index (χ2n) is 6.86. The van der Waals surface area contributed by atoms with Gasteiger partial charge in [0.2, 0.25) is 0 Å². The van der Waals surface area contributed by atoms with Crippen molar-refractivity contribution in [3.05, 3.63) is 83.9 Å². The van der Waals surface area contributed by atoms with Gasteiger partial charge in [0, 0.05) is 6.54 Å². The van der Waals surface area contributed by atoms with E-state index in [0.29, 0.717) is 18.7 Å². The van der Waals surface area contributed by atoms with E-state index in [0.717, 1.165) is 17.7 Å². The molecule has 0 fully saturated rings. The predicted molar refractivity (Wildman–Crippen MR) is 112 cm³/mol. The number of benzene rings is 3. The number of hydrogen-bond donors (Lipinski definition) is 1. The molecule has 4 rings (SSSR count). The summed E-state index contributed by atoms with van der Waals surface area (Å²) in [5, 5.41) is 2.11.